The molecule has 0 atom stereocenters. The van der Waals surface area contributed by atoms with Gasteiger partial charge in [0.2, 0.25) is 0 Å². The molecule has 0 saturated carbocycles. The monoisotopic (exact) mass is 299 g/mol. The van der Waals surface area contributed by atoms with Gasteiger partial charge in [0.15, 0.2) is 0 Å². The Hall–Kier alpha value is -1.03. The second-order valence-corrected chi connectivity index (χ2v) is 6.15. The predicted molar refractivity (Wildman–Crippen MR) is 73.7 cm³/mol. The SMILES string of the molecule is CC(C)(C)CCNc1ccc(Br)cc1C(=O)O. The van der Waals surface area contributed by atoms with Gasteiger partial charge in [-0.2, -0.15) is 0 Å². The molecule has 0 radical (unpaired) electrons. The Balaban J connectivity index is 2.74. The molecule has 0 saturated heterocycles. The van der Waals surface area contributed by atoms with Crippen molar-refractivity contribution in [1.29, 1.82) is 0 Å². The average Bonchev–Trinajstić information content (AvgIpc) is 2.18. The Kier molecular flexibility index (Phi) is 4.57. The Labute approximate surface area is 110 Å². The molecule has 0 heterocycles. The highest BCUT2D eigenvalue weighted by Crippen LogP contribution is 2.23. The van der Waals surface area contributed by atoms with E-state index in [1.165, 1.54) is 0 Å². The van der Waals surface area contributed by atoms with E-state index >= 15 is 0 Å². The van der Waals surface area contributed by atoms with Gasteiger partial charge in [-0.3, -0.25) is 0 Å². The van der Waals surface area contributed by atoms with E-state index < -0.39 is 5.97 Å². The fourth-order valence-corrected chi connectivity index (χ4v) is 1.78. The number of nitrogens with one attached hydrogen (secondary N) is 1. The van der Waals surface area contributed by atoms with Crippen LogP contribution >= 0.6 is 15.9 Å². The minimum Gasteiger partial charge on any atom is -0.478 e. The highest BCUT2D eigenvalue weighted by Gasteiger charge is 2.12. The predicted octanol–water partition coefficient (Wildman–Crippen LogP) is 4.00. The Morgan fingerprint density at radius 2 is 2.06 bits per heavy atom. The summed E-state index contributed by atoms with van der Waals surface area (Å²) in [7, 11) is 0. The maximum absolute atomic E-state index is 11.1. The molecule has 0 aliphatic heterocycles. The first-order valence-corrected chi connectivity index (χ1v) is 6.35. The zero-order chi connectivity index (χ0) is 13.1. The summed E-state index contributed by atoms with van der Waals surface area (Å²) in [5.74, 6) is -0.912. The molecule has 0 amide bonds. The normalized spacial score (nSPS) is 11.3. The lowest BCUT2D eigenvalue weighted by molar-refractivity contribution is 0.0698. The van der Waals surface area contributed by atoms with Crippen molar-refractivity contribution >= 4 is 27.6 Å². The van der Waals surface area contributed by atoms with Crippen LogP contribution in [0.5, 0.6) is 0 Å². The molecule has 3 nitrogen and oxygen atoms in total. The van der Waals surface area contributed by atoms with Crippen molar-refractivity contribution in [2.45, 2.75) is 27.2 Å². The van der Waals surface area contributed by atoms with Crippen LogP contribution in [-0.2, 0) is 0 Å². The fraction of sp³-hybridized carbons (Fsp3) is 0.462. The van der Waals surface area contributed by atoms with Gasteiger partial charge >= 0.3 is 5.97 Å². The second kappa shape index (κ2) is 5.54. The molecular formula is C13H18BrNO2. The molecule has 0 bridgehead atoms. The van der Waals surface area contributed by atoms with Crippen LogP contribution < -0.4 is 5.32 Å². The Morgan fingerprint density at radius 1 is 1.41 bits per heavy atom. The van der Waals surface area contributed by atoms with Crippen LogP contribution in [0.4, 0.5) is 5.69 Å². The van der Waals surface area contributed by atoms with Gasteiger partial charge in [-0.25, -0.2) is 4.79 Å². The molecule has 1 aromatic rings. The number of anilines is 1. The van der Waals surface area contributed by atoms with Gasteiger partial charge in [-0.15, -0.1) is 0 Å². The average molecular weight is 300 g/mol. The standard InChI is InChI=1S/C13H18BrNO2/c1-13(2,3)6-7-15-11-5-4-9(14)8-10(11)12(16)17/h4-5,8,15H,6-7H2,1-3H3,(H,16,17). The molecule has 0 aliphatic rings. The summed E-state index contributed by atoms with van der Waals surface area (Å²) in [4.78, 5) is 11.1. The number of benzene rings is 1. The molecule has 2 N–H and O–H groups in total. The van der Waals surface area contributed by atoms with E-state index in [1.807, 2.05) is 6.07 Å². The van der Waals surface area contributed by atoms with E-state index in [9.17, 15) is 4.79 Å². The van der Waals surface area contributed by atoms with E-state index in [4.69, 9.17) is 5.11 Å². The van der Waals surface area contributed by atoms with Crippen LogP contribution in [0.3, 0.4) is 0 Å². The smallest absolute Gasteiger partial charge is 0.337 e. The highest BCUT2D eigenvalue weighted by molar-refractivity contribution is 9.10. The molecular weight excluding hydrogens is 282 g/mol. The van der Waals surface area contributed by atoms with Crippen LogP contribution in [0.25, 0.3) is 0 Å². The van der Waals surface area contributed by atoms with E-state index in [0.29, 0.717) is 11.3 Å². The Morgan fingerprint density at radius 3 is 2.59 bits per heavy atom. The van der Waals surface area contributed by atoms with E-state index in [1.54, 1.807) is 12.1 Å². The van der Waals surface area contributed by atoms with Crippen molar-refractivity contribution in [2.24, 2.45) is 5.41 Å². The van der Waals surface area contributed by atoms with E-state index in [-0.39, 0.29) is 5.41 Å². The number of rotatable bonds is 4. The summed E-state index contributed by atoms with van der Waals surface area (Å²) in [5, 5.41) is 12.3. The topological polar surface area (TPSA) is 49.3 Å². The summed E-state index contributed by atoms with van der Waals surface area (Å²) in [6.07, 6.45) is 0.988. The van der Waals surface area contributed by atoms with Crippen molar-refractivity contribution in [3.8, 4) is 0 Å². The first-order valence-electron chi connectivity index (χ1n) is 5.56. The molecule has 0 unspecified atom stereocenters. The molecule has 1 rings (SSSR count). The highest BCUT2D eigenvalue weighted by atomic mass is 79.9. The van der Waals surface area contributed by atoms with Crippen molar-refractivity contribution < 1.29 is 9.90 Å². The number of hydrogen-bond donors (Lipinski definition) is 2. The lowest BCUT2D eigenvalue weighted by atomic mass is 9.92. The largest absolute Gasteiger partial charge is 0.478 e. The van der Waals surface area contributed by atoms with Gasteiger partial charge in [0.25, 0.3) is 0 Å². The van der Waals surface area contributed by atoms with Gasteiger partial charge in [0.05, 0.1) is 5.56 Å². The van der Waals surface area contributed by atoms with Crippen LogP contribution in [0.1, 0.15) is 37.6 Å². The quantitative estimate of drug-likeness (QED) is 0.883. The molecule has 1 aromatic carbocycles. The zero-order valence-electron chi connectivity index (χ0n) is 10.4. The molecule has 0 spiro atoms. The third-order valence-corrected chi connectivity index (χ3v) is 2.90. The number of carboxylic acids is 1. The maximum atomic E-state index is 11.1. The lowest BCUT2D eigenvalue weighted by Crippen LogP contribution is -2.14. The number of aromatic carboxylic acids is 1. The zero-order valence-corrected chi connectivity index (χ0v) is 12.0. The number of carboxylic acid groups (broad SMARTS) is 1. The lowest BCUT2D eigenvalue weighted by Gasteiger charge is -2.19. The number of halogens is 1. The van der Waals surface area contributed by atoms with Crippen molar-refractivity contribution in [1.82, 2.24) is 0 Å². The van der Waals surface area contributed by atoms with Crippen molar-refractivity contribution in [2.75, 3.05) is 11.9 Å². The van der Waals surface area contributed by atoms with Gasteiger partial charge in [-0.05, 0) is 30.0 Å². The second-order valence-electron chi connectivity index (χ2n) is 5.23. The third-order valence-electron chi connectivity index (χ3n) is 2.40. The van der Waals surface area contributed by atoms with Gasteiger partial charge in [0, 0.05) is 16.7 Å². The van der Waals surface area contributed by atoms with Crippen molar-refractivity contribution in [3.05, 3.63) is 28.2 Å². The summed E-state index contributed by atoms with van der Waals surface area (Å²) in [5.41, 5.74) is 1.21. The maximum Gasteiger partial charge on any atom is 0.337 e. The summed E-state index contributed by atoms with van der Waals surface area (Å²) in [6, 6.07) is 5.24. The van der Waals surface area contributed by atoms with Crippen LogP contribution in [0, 0.1) is 5.41 Å². The van der Waals surface area contributed by atoms with E-state index in [0.717, 1.165) is 17.4 Å². The van der Waals surface area contributed by atoms with Crippen molar-refractivity contribution in [3.63, 3.8) is 0 Å². The minimum absolute atomic E-state index is 0.242. The minimum atomic E-state index is -0.912. The molecule has 4 heteroatoms. The van der Waals surface area contributed by atoms with Gasteiger partial charge in [0.1, 0.15) is 0 Å². The molecule has 0 aliphatic carbocycles. The third kappa shape index (κ3) is 4.77. The summed E-state index contributed by atoms with van der Waals surface area (Å²) in [6.45, 7) is 7.25. The van der Waals surface area contributed by atoms with Gasteiger partial charge < -0.3 is 10.4 Å². The summed E-state index contributed by atoms with van der Waals surface area (Å²) >= 11 is 3.27. The molecule has 0 aromatic heterocycles. The molecule has 17 heavy (non-hydrogen) atoms. The first-order chi connectivity index (χ1) is 7.79. The number of hydrogen-bond acceptors (Lipinski definition) is 2. The molecule has 94 valence electrons. The van der Waals surface area contributed by atoms with Crippen LogP contribution in [0.15, 0.2) is 22.7 Å². The Bertz CT molecular complexity index is 410. The van der Waals surface area contributed by atoms with Gasteiger partial charge in [-0.1, -0.05) is 36.7 Å². The van der Waals surface area contributed by atoms with E-state index in [2.05, 4.69) is 42.0 Å². The first kappa shape index (κ1) is 14.0. The molecule has 0 fully saturated rings. The fourth-order valence-electron chi connectivity index (χ4n) is 1.42. The van der Waals surface area contributed by atoms with Crippen LogP contribution in [-0.4, -0.2) is 17.6 Å². The summed E-state index contributed by atoms with van der Waals surface area (Å²) < 4.78 is 0.774. The van der Waals surface area contributed by atoms with Crippen LogP contribution in [0.2, 0.25) is 0 Å². The number of carbonyl (C=O) groups is 1.